The summed E-state index contributed by atoms with van der Waals surface area (Å²) < 4.78 is 1.95. The predicted molar refractivity (Wildman–Crippen MR) is 123 cm³/mol. The number of fused-ring (bicyclic) bond motifs is 1. The van der Waals surface area contributed by atoms with E-state index in [-0.39, 0.29) is 17.6 Å². The number of hydrogen-bond acceptors (Lipinski definition) is 5. The van der Waals surface area contributed by atoms with Gasteiger partial charge in [0.25, 0.3) is 5.91 Å². The minimum atomic E-state index is -0.00820. The number of rotatable bonds is 5. The molecule has 0 spiro atoms. The molecular weight excluding hydrogens is 404 g/mol. The number of benzene rings is 1. The monoisotopic (exact) mass is 434 g/mol. The van der Waals surface area contributed by atoms with Crippen molar-refractivity contribution in [1.82, 2.24) is 29.3 Å². The van der Waals surface area contributed by atoms with Crippen molar-refractivity contribution in [3.8, 4) is 0 Å². The SMILES string of the molecule is O=C(c1cnccn1)N1CCC(CCN2CCC(n3c(=O)[nH]c4ccccc43)CC2)CC1. The van der Waals surface area contributed by atoms with Gasteiger partial charge in [-0.25, -0.2) is 9.78 Å². The number of amides is 1. The second kappa shape index (κ2) is 9.24. The fraction of sp³-hybridized carbons (Fsp3) is 0.500. The third-order valence-corrected chi connectivity index (χ3v) is 7.08. The average Bonchev–Trinajstić information content (AvgIpc) is 3.19. The number of nitrogens with one attached hydrogen (secondary N) is 1. The van der Waals surface area contributed by atoms with Gasteiger partial charge in [-0.1, -0.05) is 12.1 Å². The highest BCUT2D eigenvalue weighted by Gasteiger charge is 2.27. The zero-order valence-electron chi connectivity index (χ0n) is 18.3. The first-order valence-corrected chi connectivity index (χ1v) is 11.7. The predicted octanol–water partition coefficient (Wildman–Crippen LogP) is 2.70. The first kappa shape index (κ1) is 20.9. The minimum Gasteiger partial charge on any atom is -0.337 e. The van der Waals surface area contributed by atoms with Crippen molar-refractivity contribution in [1.29, 1.82) is 0 Å². The van der Waals surface area contributed by atoms with Crippen molar-refractivity contribution >= 4 is 16.9 Å². The molecule has 2 aliphatic rings. The maximum Gasteiger partial charge on any atom is 0.326 e. The van der Waals surface area contributed by atoms with Crippen LogP contribution in [0.3, 0.4) is 0 Å². The van der Waals surface area contributed by atoms with Gasteiger partial charge in [0, 0.05) is 44.6 Å². The molecule has 1 amide bonds. The Morgan fingerprint density at radius 1 is 1.03 bits per heavy atom. The fourth-order valence-electron chi connectivity index (χ4n) is 5.20. The molecule has 1 N–H and O–H groups in total. The zero-order valence-corrected chi connectivity index (χ0v) is 18.3. The summed E-state index contributed by atoms with van der Waals surface area (Å²) in [6.07, 6.45) is 9.98. The molecule has 2 saturated heterocycles. The molecule has 0 aliphatic carbocycles. The summed E-state index contributed by atoms with van der Waals surface area (Å²) in [6.45, 7) is 4.75. The van der Waals surface area contributed by atoms with Gasteiger partial charge in [-0.3, -0.25) is 14.3 Å². The quantitative estimate of drug-likeness (QED) is 0.667. The molecule has 3 aromatic rings. The summed E-state index contributed by atoms with van der Waals surface area (Å²) in [5.74, 6) is 0.654. The topological polar surface area (TPSA) is 87.1 Å². The number of piperidine rings is 2. The number of nitrogens with zero attached hydrogens (tertiary/aromatic N) is 5. The van der Waals surface area contributed by atoms with Crippen LogP contribution in [0.4, 0.5) is 0 Å². The Bertz CT molecular complexity index is 1110. The van der Waals surface area contributed by atoms with E-state index in [0.717, 1.165) is 69.4 Å². The second-order valence-electron chi connectivity index (χ2n) is 9.01. The van der Waals surface area contributed by atoms with Crippen molar-refractivity contribution in [2.24, 2.45) is 5.92 Å². The summed E-state index contributed by atoms with van der Waals surface area (Å²) in [5.41, 5.74) is 2.37. The fourth-order valence-corrected chi connectivity index (χ4v) is 5.20. The largest absolute Gasteiger partial charge is 0.337 e. The van der Waals surface area contributed by atoms with Crippen molar-refractivity contribution in [3.05, 3.63) is 59.0 Å². The van der Waals surface area contributed by atoms with Crippen LogP contribution in [-0.4, -0.2) is 67.9 Å². The summed E-state index contributed by atoms with van der Waals surface area (Å²) >= 11 is 0. The molecular formula is C24H30N6O2. The number of carbonyl (C=O) groups excluding carboxylic acids is 1. The van der Waals surface area contributed by atoms with E-state index in [1.165, 1.54) is 6.42 Å². The van der Waals surface area contributed by atoms with E-state index in [4.69, 9.17) is 0 Å². The molecule has 2 aromatic heterocycles. The Balaban J connectivity index is 1.08. The number of carbonyl (C=O) groups is 1. The lowest BCUT2D eigenvalue weighted by atomic mass is 9.92. The van der Waals surface area contributed by atoms with Crippen LogP contribution in [0.5, 0.6) is 0 Å². The molecule has 5 rings (SSSR count). The van der Waals surface area contributed by atoms with Gasteiger partial charge in [0.1, 0.15) is 5.69 Å². The molecule has 0 bridgehead atoms. The van der Waals surface area contributed by atoms with Gasteiger partial charge in [-0.2, -0.15) is 0 Å². The third kappa shape index (κ3) is 4.32. The van der Waals surface area contributed by atoms with E-state index in [1.807, 2.05) is 33.7 Å². The summed E-state index contributed by atoms with van der Waals surface area (Å²) in [7, 11) is 0. The average molecular weight is 435 g/mol. The summed E-state index contributed by atoms with van der Waals surface area (Å²) in [5, 5.41) is 0. The molecule has 4 heterocycles. The van der Waals surface area contributed by atoms with E-state index < -0.39 is 0 Å². The van der Waals surface area contributed by atoms with E-state index in [9.17, 15) is 9.59 Å². The molecule has 32 heavy (non-hydrogen) atoms. The molecule has 2 aliphatic heterocycles. The van der Waals surface area contributed by atoms with E-state index >= 15 is 0 Å². The van der Waals surface area contributed by atoms with Crippen LogP contribution in [-0.2, 0) is 0 Å². The van der Waals surface area contributed by atoms with Crippen LogP contribution in [0.15, 0.2) is 47.7 Å². The Morgan fingerprint density at radius 3 is 2.56 bits per heavy atom. The standard InChI is InChI=1S/C24H30N6O2/c31-23(21-17-25-10-11-26-21)29-15-6-18(7-16-29)5-12-28-13-8-19(9-14-28)30-22-4-2-1-3-20(22)27-24(30)32/h1-4,10-11,17-19H,5-9,12-16H2,(H,27,32). The molecule has 0 saturated carbocycles. The highest BCUT2D eigenvalue weighted by molar-refractivity contribution is 5.92. The van der Waals surface area contributed by atoms with Gasteiger partial charge in [0.2, 0.25) is 0 Å². The Hall–Kier alpha value is -3.00. The lowest BCUT2D eigenvalue weighted by Crippen LogP contribution is -2.41. The smallest absolute Gasteiger partial charge is 0.326 e. The molecule has 2 fully saturated rings. The van der Waals surface area contributed by atoms with Gasteiger partial charge in [0.15, 0.2) is 0 Å². The van der Waals surface area contributed by atoms with Crippen LogP contribution in [0.25, 0.3) is 11.0 Å². The van der Waals surface area contributed by atoms with Crippen LogP contribution < -0.4 is 5.69 Å². The Labute approximate surface area is 187 Å². The molecule has 0 atom stereocenters. The van der Waals surface area contributed by atoms with E-state index in [2.05, 4.69) is 19.9 Å². The van der Waals surface area contributed by atoms with Gasteiger partial charge in [-0.15, -0.1) is 0 Å². The van der Waals surface area contributed by atoms with Crippen LogP contribution in [0.1, 0.15) is 48.6 Å². The van der Waals surface area contributed by atoms with E-state index in [0.29, 0.717) is 11.6 Å². The first-order valence-electron chi connectivity index (χ1n) is 11.7. The number of hydrogen-bond donors (Lipinski definition) is 1. The molecule has 1 aromatic carbocycles. The third-order valence-electron chi connectivity index (χ3n) is 7.08. The van der Waals surface area contributed by atoms with Crippen molar-refractivity contribution in [3.63, 3.8) is 0 Å². The lowest BCUT2D eigenvalue weighted by molar-refractivity contribution is 0.0671. The van der Waals surface area contributed by atoms with Crippen LogP contribution >= 0.6 is 0 Å². The van der Waals surface area contributed by atoms with Crippen LogP contribution in [0, 0.1) is 5.92 Å². The molecule has 0 radical (unpaired) electrons. The molecule has 8 nitrogen and oxygen atoms in total. The highest BCUT2D eigenvalue weighted by atomic mass is 16.2. The summed E-state index contributed by atoms with van der Waals surface area (Å²) in [4.78, 5) is 40.6. The van der Waals surface area contributed by atoms with Crippen molar-refractivity contribution < 1.29 is 4.79 Å². The van der Waals surface area contributed by atoms with Gasteiger partial charge < -0.3 is 14.8 Å². The maximum absolute atomic E-state index is 12.5. The number of H-pyrrole nitrogens is 1. The van der Waals surface area contributed by atoms with Crippen LogP contribution in [0.2, 0.25) is 0 Å². The lowest BCUT2D eigenvalue weighted by Gasteiger charge is -2.35. The number of likely N-dealkylation sites (tertiary alicyclic amines) is 2. The number of aromatic amines is 1. The Morgan fingerprint density at radius 2 is 1.81 bits per heavy atom. The highest BCUT2D eigenvalue weighted by Crippen LogP contribution is 2.27. The summed E-state index contributed by atoms with van der Waals surface area (Å²) in [6, 6.07) is 8.22. The second-order valence-corrected chi connectivity index (χ2v) is 9.01. The molecule has 8 heteroatoms. The van der Waals surface area contributed by atoms with Crippen molar-refractivity contribution in [2.45, 2.75) is 38.1 Å². The van der Waals surface area contributed by atoms with Gasteiger partial charge >= 0.3 is 5.69 Å². The van der Waals surface area contributed by atoms with E-state index in [1.54, 1.807) is 18.6 Å². The number of aromatic nitrogens is 4. The van der Waals surface area contributed by atoms with Crippen molar-refractivity contribution in [2.75, 3.05) is 32.7 Å². The molecule has 0 unspecified atom stereocenters. The maximum atomic E-state index is 12.5. The minimum absolute atomic E-state index is 0.00689. The first-order chi connectivity index (χ1) is 15.7. The number of para-hydroxylation sites is 2. The Kier molecular flexibility index (Phi) is 6.03. The van der Waals surface area contributed by atoms with Gasteiger partial charge in [0.05, 0.1) is 17.2 Å². The zero-order chi connectivity index (χ0) is 21.9. The number of imidazole rings is 1. The van der Waals surface area contributed by atoms with Gasteiger partial charge in [-0.05, 0) is 56.7 Å². The molecule has 168 valence electrons. The normalized spacial score (nSPS) is 18.9.